The summed E-state index contributed by atoms with van der Waals surface area (Å²) in [5, 5.41) is 10.8. The number of Topliss-reactive ketones (excluding diaryl/α,β-unsaturated/α-hetero) is 1. The highest BCUT2D eigenvalue weighted by Crippen LogP contribution is 2.42. The fraction of sp³-hybridized carbons (Fsp3) is 0.407. The van der Waals surface area contributed by atoms with Gasteiger partial charge >= 0.3 is 0 Å². The number of aliphatic hydroxyl groups excluding tert-OH is 1. The Kier molecular flexibility index (Phi) is 6.23. The van der Waals surface area contributed by atoms with Gasteiger partial charge in [-0.15, -0.1) is 0 Å². The first-order valence-electron chi connectivity index (χ1n) is 10.9. The maximum atomic E-state index is 13.3. The Morgan fingerprint density at radius 1 is 1.03 bits per heavy atom. The predicted molar refractivity (Wildman–Crippen MR) is 126 cm³/mol. The van der Waals surface area contributed by atoms with E-state index in [2.05, 4.69) is 20.8 Å². The Bertz CT molecular complexity index is 1050. The molecule has 0 aliphatic carbocycles. The van der Waals surface area contributed by atoms with E-state index < -0.39 is 23.1 Å². The lowest BCUT2D eigenvalue weighted by Gasteiger charge is -2.29. The molecule has 1 amide bonds. The minimum Gasteiger partial charge on any atom is -0.503 e. The first-order chi connectivity index (χ1) is 14.8. The summed E-state index contributed by atoms with van der Waals surface area (Å²) >= 11 is 0. The summed E-state index contributed by atoms with van der Waals surface area (Å²) in [5.74, 6) is -0.548. The van der Waals surface area contributed by atoms with Crippen LogP contribution in [0.5, 0.6) is 5.75 Å². The van der Waals surface area contributed by atoms with Crippen LogP contribution in [0.25, 0.3) is 0 Å². The molecular weight excluding hydrogens is 402 g/mol. The number of rotatable bonds is 5. The molecule has 0 radical (unpaired) electrons. The van der Waals surface area contributed by atoms with Crippen molar-refractivity contribution in [3.63, 3.8) is 0 Å². The lowest BCUT2D eigenvalue weighted by molar-refractivity contribution is -0.130. The second kappa shape index (κ2) is 8.45. The van der Waals surface area contributed by atoms with Gasteiger partial charge < -0.3 is 14.7 Å². The molecule has 1 aliphatic rings. The molecule has 1 N–H and O–H groups in total. The highest BCUT2D eigenvalue weighted by atomic mass is 16.5. The highest BCUT2D eigenvalue weighted by molar-refractivity contribution is 6.10. The largest absolute Gasteiger partial charge is 0.503 e. The van der Waals surface area contributed by atoms with Gasteiger partial charge in [-0.3, -0.25) is 9.59 Å². The number of amides is 1. The third-order valence-corrected chi connectivity index (χ3v) is 5.81. The SMILES string of the molecule is COc1cccc(CN2C(=O)C(O)=C(C(=O)C(C)(C)C)C2c2ccc(C(C)(C)C)cc2)c1. The maximum absolute atomic E-state index is 13.3. The van der Waals surface area contributed by atoms with E-state index in [-0.39, 0.29) is 23.3 Å². The van der Waals surface area contributed by atoms with E-state index in [1.807, 2.05) is 48.5 Å². The molecule has 5 heteroatoms. The van der Waals surface area contributed by atoms with Crippen LogP contribution in [0.3, 0.4) is 0 Å². The number of nitrogens with zero attached hydrogens (tertiary/aromatic N) is 1. The van der Waals surface area contributed by atoms with Gasteiger partial charge in [-0.05, 0) is 34.2 Å². The van der Waals surface area contributed by atoms with Gasteiger partial charge in [0.1, 0.15) is 5.75 Å². The molecule has 170 valence electrons. The van der Waals surface area contributed by atoms with Crippen LogP contribution in [0.4, 0.5) is 0 Å². The molecule has 0 bridgehead atoms. The zero-order valence-corrected chi connectivity index (χ0v) is 20.0. The van der Waals surface area contributed by atoms with Crippen molar-refractivity contribution in [2.45, 2.75) is 59.5 Å². The summed E-state index contributed by atoms with van der Waals surface area (Å²) in [7, 11) is 1.59. The third-order valence-electron chi connectivity index (χ3n) is 5.81. The minimum atomic E-state index is -0.737. The molecular formula is C27H33NO4. The van der Waals surface area contributed by atoms with Gasteiger partial charge in [0.2, 0.25) is 0 Å². The van der Waals surface area contributed by atoms with Gasteiger partial charge in [0.05, 0.1) is 18.7 Å². The van der Waals surface area contributed by atoms with Crippen molar-refractivity contribution in [2.75, 3.05) is 7.11 Å². The summed E-state index contributed by atoms with van der Waals surface area (Å²) < 4.78 is 5.31. The molecule has 32 heavy (non-hydrogen) atoms. The van der Waals surface area contributed by atoms with Crippen LogP contribution in [-0.4, -0.2) is 28.8 Å². The fourth-order valence-electron chi connectivity index (χ4n) is 3.93. The average Bonchev–Trinajstić information content (AvgIpc) is 2.97. The van der Waals surface area contributed by atoms with Gasteiger partial charge in [-0.25, -0.2) is 0 Å². The maximum Gasteiger partial charge on any atom is 0.290 e. The number of ketones is 1. The number of hydrogen-bond donors (Lipinski definition) is 1. The van der Waals surface area contributed by atoms with Gasteiger partial charge in [0.15, 0.2) is 11.5 Å². The quantitative estimate of drug-likeness (QED) is 0.673. The van der Waals surface area contributed by atoms with Crippen LogP contribution in [0.15, 0.2) is 59.9 Å². The van der Waals surface area contributed by atoms with Gasteiger partial charge in [0, 0.05) is 12.0 Å². The molecule has 1 unspecified atom stereocenters. The van der Waals surface area contributed by atoms with E-state index in [0.29, 0.717) is 5.75 Å². The Balaban J connectivity index is 2.09. The second-order valence-corrected chi connectivity index (χ2v) is 10.4. The summed E-state index contributed by atoms with van der Waals surface area (Å²) in [6.07, 6.45) is 0. The summed E-state index contributed by atoms with van der Waals surface area (Å²) in [4.78, 5) is 28.0. The van der Waals surface area contributed by atoms with Crippen molar-refractivity contribution < 1.29 is 19.4 Å². The zero-order valence-electron chi connectivity index (χ0n) is 20.0. The molecule has 3 rings (SSSR count). The van der Waals surface area contributed by atoms with Crippen molar-refractivity contribution >= 4 is 11.7 Å². The molecule has 5 nitrogen and oxygen atoms in total. The van der Waals surface area contributed by atoms with Crippen LogP contribution in [-0.2, 0) is 21.5 Å². The van der Waals surface area contributed by atoms with Crippen molar-refractivity contribution in [3.05, 3.63) is 76.6 Å². The Labute approximate surface area is 190 Å². The predicted octanol–water partition coefficient (Wildman–Crippen LogP) is 5.50. The number of benzene rings is 2. The van der Waals surface area contributed by atoms with Crippen LogP contribution in [0.1, 0.15) is 64.3 Å². The third kappa shape index (κ3) is 4.57. The van der Waals surface area contributed by atoms with Crippen LogP contribution >= 0.6 is 0 Å². The molecule has 1 heterocycles. The van der Waals surface area contributed by atoms with Crippen LogP contribution in [0.2, 0.25) is 0 Å². The molecule has 0 spiro atoms. The normalized spacial score (nSPS) is 17.2. The highest BCUT2D eigenvalue weighted by Gasteiger charge is 2.46. The fourth-order valence-corrected chi connectivity index (χ4v) is 3.93. The molecule has 1 atom stereocenters. The topological polar surface area (TPSA) is 66.8 Å². The number of methoxy groups -OCH3 is 1. The van der Waals surface area contributed by atoms with E-state index in [1.165, 1.54) is 0 Å². The van der Waals surface area contributed by atoms with Gasteiger partial charge in [0.25, 0.3) is 5.91 Å². The monoisotopic (exact) mass is 435 g/mol. The minimum absolute atomic E-state index is 0.0215. The number of ether oxygens (including phenoxy) is 1. The summed E-state index contributed by atoms with van der Waals surface area (Å²) in [6.45, 7) is 12.0. The summed E-state index contributed by atoms with van der Waals surface area (Å²) in [6, 6.07) is 14.7. The van der Waals surface area contributed by atoms with E-state index in [1.54, 1.807) is 32.8 Å². The average molecular weight is 436 g/mol. The van der Waals surface area contributed by atoms with Crippen molar-refractivity contribution in [1.82, 2.24) is 4.90 Å². The molecule has 2 aromatic carbocycles. The first kappa shape index (κ1) is 23.6. The standard InChI is InChI=1S/C27H33NO4/c1-26(2,3)19-13-11-18(12-14-19)22-21(24(30)27(4,5)6)23(29)25(31)28(22)16-17-9-8-10-20(15-17)32-7/h8-15,22,29H,16H2,1-7H3. The van der Waals surface area contributed by atoms with Crippen LogP contribution < -0.4 is 4.74 Å². The molecule has 2 aromatic rings. The van der Waals surface area contributed by atoms with E-state index in [9.17, 15) is 14.7 Å². The number of aliphatic hydroxyl groups is 1. The Morgan fingerprint density at radius 2 is 1.66 bits per heavy atom. The molecule has 0 saturated carbocycles. The van der Waals surface area contributed by atoms with E-state index in [4.69, 9.17) is 4.74 Å². The van der Waals surface area contributed by atoms with E-state index >= 15 is 0 Å². The Hall–Kier alpha value is -3.08. The summed E-state index contributed by atoms with van der Waals surface area (Å²) in [5.41, 5.74) is 2.21. The smallest absolute Gasteiger partial charge is 0.290 e. The Morgan fingerprint density at radius 3 is 2.19 bits per heavy atom. The van der Waals surface area contributed by atoms with E-state index in [0.717, 1.165) is 16.7 Å². The van der Waals surface area contributed by atoms with Crippen molar-refractivity contribution in [1.29, 1.82) is 0 Å². The lowest BCUT2D eigenvalue weighted by Crippen LogP contribution is -2.32. The first-order valence-corrected chi connectivity index (χ1v) is 10.9. The number of carbonyl (C=O) groups is 2. The molecule has 1 aliphatic heterocycles. The zero-order chi connectivity index (χ0) is 23.8. The van der Waals surface area contributed by atoms with Gasteiger partial charge in [-0.1, -0.05) is 77.9 Å². The van der Waals surface area contributed by atoms with Crippen LogP contribution in [0, 0.1) is 5.41 Å². The molecule has 0 saturated heterocycles. The number of hydrogen-bond acceptors (Lipinski definition) is 4. The van der Waals surface area contributed by atoms with Gasteiger partial charge in [-0.2, -0.15) is 0 Å². The van der Waals surface area contributed by atoms with Crippen molar-refractivity contribution in [3.8, 4) is 5.75 Å². The second-order valence-electron chi connectivity index (χ2n) is 10.4. The van der Waals surface area contributed by atoms with Crippen molar-refractivity contribution in [2.24, 2.45) is 5.41 Å². The molecule has 0 fully saturated rings. The lowest BCUT2D eigenvalue weighted by atomic mass is 9.81. The number of carbonyl (C=O) groups excluding carboxylic acids is 2. The molecule has 0 aromatic heterocycles.